The molecule has 3 aromatic carbocycles. The van der Waals surface area contributed by atoms with Gasteiger partial charge in [0.05, 0.1) is 5.56 Å². The Morgan fingerprint density at radius 1 is 0.909 bits per heavy atom. The highest BCUT2D eigenvalue weighted by molar-refractivity contribution is 5.98. The first-order valence-electron chi connectivity index (χ1n) is 11.2. The molecule has 0 bridgehead atoms. The van der Waals surface area contributed by atoms with Crippen LogP contribution in [-0.4, -0.2) is 17.2 Å². The molecule has 0 aliphatic heterocycles. The summed E-state index contributed by atoms with van der Waals surface area (Å²) < 4.78 is 38.8. The van der Waals surface area contributed by atoms with Crippen LogP contribution in [-0.2, 0) is 25.4 Å². The van der Waals surface area contributed by atoms with Crippen LogP contribution in [0.1, 0.15) is 47.2 Å². The van der Waals surface area contributed by atoms with Crippen molar-refractivity contribution in [2.45, 2.75) is 39.3 Å². The fraction of sp³-hybridized carbons (Fsp3) is 0.250. The number of aliphatic imine (C=N–C) groups is 1. The average Bonchev–Trinajstić information content (AvgIpc) is 3.21. The van der Waals surface area contributed by atoms with Gasteiger partial charge in [-0.05, 0) is 72.2 Å². The molecule has 0 atom stereocenters. The number of nitrogens with one attached hydrogen (secondary N) is 1. The lowest BCUT2D eigenvalue weighted by molar-refractivity contribution is -0.137. The summed E-state index contributed by atoms with van der Waals surface area (Å²) in [5.74, 6) is 0. The van der Waals surface area contributed by atoms with Crippen LogP contribution in [0, 0.1) is 0 Å². The Balaban J connectivity index is 1.40. The number of benzene rings is 3. The maximum atomic E-state index is 12.9. The van der Waals surface area contributed by atoms with Crippen molar-refractivity contribution in [1.29, 1.82) is 0 Å². The SMILES string of the molecule is CCc1ccc2[nH]cc(CCN=C(C)c3ccc(Cc4cccc(C(F)(F)F)c4)cc3)c2c1. The first kappa shape index (κ1) is 22.8. The molecule has 4 rings (SSSR count). The van der Waals surface area contributed by atoms with E-state index in [1.807, 2.05) is 31.2 Å². The lowest BCUT2D eigenvalue weighted by atomic mass is 10.0. The van der Waals surface area contributed by atoms with E-state index >= 15 is 0 Å². The fourth-order valence-electron chi connectivity index (χ4n) is 4.04. The van der Waals surface area contributed by atoms with E-state index in [1.165, 1.54) is 28.6 Å². The third-order valence-corrected chi connectivity index (χ3v) is 6.00. The Kier molecular flexibility index (Phi) is 6.68. The number of rotatable bonds is 7. The molecule has 0 saturated heterocycles. The maximum Gasteiger partial charge on any atom is 0.416 e. The molecule has 0 radical (unpaired) electrons. The van der Waals surface area contributed by atoms with Gasteiger partial charge in [-0.25, -0.2) is 0 Å². The lowest BCUT2D eigenvalue weighted by Crippen LogP contribution is -2.05. The van der Waals surface area contributed by atoms with E-state index in [0.717, 1.165) is 41.3 Å². The summed E-state index contributed by atoms with van der Waals surface area (Å²) in [7, 11) is 0. The molecule has 5 heteroatoms. The number of alkyl halides is 3. The van der Waals surface area contributed by atoms with Crippen LogP contribution in [0.5, 0.6) is 0 Å². The van der Waals surface area contributed by atoms with Gasteiger partial charge in [0.2, 0.25) is 0 Å². The molecule has 0 spiro atoms. The molecule has 170 valence electrons. The summed E-state index contributed by atoms with van der Waals surface area (Å²) in [5, 5.41) is 1.26. The molecule has 1 aromatic heterocycles. The zero-order valence-corrected chi connectivity index (χ0v) is 18.8. The Bertz CT molecular complexity index is 1260. The second-order valence-corrected chi connectivity index (χ2v) is 8.34. The van der Waals surface area contributed by atoms with Crippen LogP contribution >= 0.6 is 0 Å². The predicted molar refractivity (Wildman–Crippen MR) is 129 cm³/mol. The number of hydrogen-bond acceptors (Lipinski definition) is 1. The van der Waals surface area contributed by atoms with Gasteiger partial charge in [-0.1, -0.05) is 55.5 Å². The molecule has 0 amide bonds. The van der Waals surface area contributed by atoms with E-state index in [4.69, 9.17) is 4.99 Å². The van der Waals surface area contributed by atoms with Gasteiger partial charge < -0.3 is 4.98 Å². The summed E-state index contributed by atoms with van der Waals surface area (Å²) in [4.78, 5) is 8.08. The van der Waals surface area contributed by atoms with Crippen molar-refractivity contribution in [3.8, 4) is 0 Å². The average molecular weight is 449 g/mol. The van der Waals surface area contributed by atoms with Gasteiger partial charge in [-0.15, -0.1) is 0 Å². The molecule has 0 aliphatic rings. The number of aryl methyl sites for hydroxylation is 1. The van der Waals surface area contributed by atoms with Crippen molar-refractivity contribution in [1.82, 2.24) is 4.98 Å². The monoisotopic (exact) mass is 448 g/mol. The van der Waals surface area contributed by atoms with Crippen LogP contribution in [0.4, 0.5) is 13.2 Å². The number of aromatic amines is 1. The number of H-pyrrole nitrogens is 1. The summed E-state index contributed by atoms with van der Waals surface area (Å²) in [6.07, 6.45) is 0.0797. The molecule has 2 nitrogen and oxygen atoms in total. The molecule has 0 unspecified atom stereocenters. The molecule has 0 aliphatic carbocycles. The van der Waals surface area contributed by atoms with Gasteiger partial charge in [-0.2, -0.15) is 13.2 Å². The lowest BCUT2D eigenvalue weighted by Gasteiger charge is -2.09. The summed E-state index contributed by atoms with van der Waals surface area (Å²) in [6, 6.07) is 19.9. The Morgan fingerprint density at radius 2 is 1.67 bits per heavy atom. The third-order valence-electron chi connectivity index (χ3n) is 6.00. The largest absolute Gasteiger partial charge is 0.416 e. The Hall–Kier alpha value is -3.34. The Morgan fingerprint density at radius 3 is 2.39 bits per heavy atom. The number of fused-ring (bicyclic) bond motifs is 1. The zero-order valence-electron chi connectivity index (χ0n) is 18.8. The van der Waals surface area contributed by atoms with Crippen molar-refractivity contribution in [3.63, 3.8) is 0 Å². The van der Waals surface area contributed by atoms with Crippen molar-refractivity contribution in [2.75, 3.05) is 6.54 Å². The van der Waals surface area contributed by atoms with Gasteiger partial charge >= 0.3 is 6.18 Å². The molecular weight excluding hydrogens is 421 g/mol. The number of aromatic nitrogens is 1. The predicted octanol–water partition coefficient (Wildman–Crippen LogP) is 7.39. The summed E-state index contributed by atoms with van der Waals surface area (Å²) in [5.41, 5.74) is 6.73. The fourth-order valence-corrected chi connectivity index (χ4v) is 4.04. The van der Waals surface area contributed by atoms with Crippen LogP contribution in [0.3, 0.4) is 0 Å². The van der Waals surface area contributed by atoms with Crippen LogP contribution in [0.25, 0.3) is 10.9 Å². The molecule has 4 aromatic rings. The van der Waals surface area contributed by atoms with Crippen LogP contribution in [0.2, 0.25) is 0 Å². The van der Waals surface area contributed by atoms with E-state index in [2.05, 4.69) is 36.3 Å². The molecule has 0 saturated carbocycles. The quantitative estimate of drug-likeness (QED) is 0.286. The van der Waals surface area contributed by atoms with Crippen LogP contribution in [0.15, 0.2) is 77.9 Å². The maximum absolute atomic E-state index is 12.9. The van der Waals surface area contributed by atoms with Gasteiger partial charge in [0, 0.05) is 29.4 Å². The van der Waals surface area contributed by atoms with Crippen LogP contribution < -0.4 is 0 Å². The highest BCUT2D eigenvalue weighted by Gasteiger charge is 2.30. The summed E-state index contributed by atoms with van der Waals surface area (Å²) >= 11 is 0. The Labute approximate surface area is 192 Å². The van der Waals surface area contributed by atoms with Gasteiger partial charge in [0.15, 0.2) is 0 Å². The standard InChI is InChI=1S/C28H27F3N2/c1-3-20-9-12-27-26(17-20)24(18-33-27)13-14-32-19(2)23-10-7-21(8-11-23)15-22-5-4-6-25(16-22)28(29,30)31/h4-12,16-18,33H,3,13-15H2,1-2H3. The van der Waals surface area contributed by atoms with E-state index < -0.39 is 11.7 Å². The first-order valence-corrected chi connectivity index (χ1v) is 11.2. The topological polar surface area (TPSA) is 28.1 Å². The van der Waals surface area contributed by atoms with Crippen molar-refractivity contribution in [3.05, 3.63) is 106 Å². The first-order chi connectivity index (χ1) is 15.8. The normalized spacial score (nSPS) is 12.5. The van der Waals surface area contributed by atoms with E-state index in [0.29, 0.717) is 18.5 Å². The minimum absolute atomic E-state index is 0.459. The smallest absolute Gasteiger partial charge is 0.361 e. The second-order valence-electron chi connectivity index (χ2n) is 8.34. The van der Waals surface area contributed by atoms with Gasteiger partial charge in [-0.3, -0.25) is 4.99 Å². The van der Waals surface area contributed by atoms with Crippen molar-refractivity contribution >= 4 is 16.6 Å². The van der Waals surface area contributed by atoms with E-state index in [-0.39, 0.29) is 0 Å². The number of halogens is 3. The molecular formula is C28H27F3N2. The minimum Gasteiger partial charge on any atom is -0.361 e. The van der Waals surface area contributed by atoms with E-state index in [1.54, 1.807) is 6.07 Å². The molecule has 1 heterocycles. The van der Waals surface area contributed by atoms with E-state index in [9.17, 15) is 13.2 Å². The second kappa shape index (κ2) is 9.65. The van der Waals surface area contributed by atoms with Gasteiger partial charge in [0.1, 0.15) is 0 Å². The summed E-state index contributed by atoms with van der Waals surface area (Å²) in [6.45, 7) is 4.85. The molecule has 0 fully saturated rings. The molecule has 33 heavy (non-hydrogen) atoms. The minimum atomic E-state index is -4.32. The van der Waals surface area contributed by atoms with Gasteiger partial charge in [0.25, 0.3) is 0 Å². The zero-order chi connectivity index (χ0) is 23.4. The third kappa shape index (κ3) is 5.54. The van der Waals surface area contributed by atoms with Crippen molar-refractivity contribution in [2.24, 2.45) is 4.99 Å². The number of hydrogen-bond donors (Lipinski definition) is 1. The molecule has 1 N–H and O–H groups in total. The highest BCUT2D eigenvalue weighted by atomic mass is 19.4. The van der Waals surface area contributed by atoms with Crippen molar-refractivity contribution < 1.29 is 13.2 Å². The highest BCUT2D eigenvalue weighted by Crippen LogP contribution is 2.30. The number of nitrogens with zero attached hydrogens (tertiary/aromatic N) is 1.